The van der Waals surface area contributed by atoms with Gasteiger partial charge in [0.25, 0.3) is 0 Å². The average molecular weight is 354 g/mol. The Morgan fingerprint density at radius 2 is 2.08 bits per heavy atom. The van der Waals surface area contributed by atoms with Gasteiger partial charge in [-0.3, -0.25) is 9.69 Å². The van der Waals surface area contributed by atoms with E-state index in [4.69, 9.17) is 19.9 Å². The lowest BCUT2D eigenvalue weighted by atomic mass is 9.87. The molecule has 26 heavy (non-hydrogen) atoms. The number of hydrogen-bond acceptors (Lipinski definition) is 6. The second kappa shape index (κ2) is 6.53. The summed E-state index contributed by atoms with van der Waals surface area (Å²) in [5, 5.41) is 0. The molecule has 0 unspecified atom stereocenters. The summed E-state index contributed by atoms with van der Waals surface area (Å²) in [6, 6.07) is 9.01. The van der Waals surface area contributed by atoms with Crippen molar-refractivity contribution in [2.24, 2.45) is 0 Å². The molecule has 0 spiro atoms. The predicted octanol–water partition coefficient (Wildman–Crippen LogP) is 2.81. The first-order valence-corrected chi connectivity index (χ1v) is 8.67. The molecule has 0 amide bonds. The van der Waals surface area contributed by atoms with Gasteiger partial charge in [0.15, 0.2) is 17.3 Å². The minimum Gasteiger partial charge on any atom is -0.492 e. The number of rotatable bonds is 4. The highest BCUT2D eigenvalue weighted by atomic mass is 16.7. The van der Waals surface area contributed by atoms with Gasteiger partial charge in [-0.1, -0.05) is 0 Å². The molecule has 2 aliphatic rings. The van der Waals surface area contributed by atoms with Crippen LogP contribution < -0.4 is 19.9 Å². The lowest BCUT2D eigenvalue weighted by Crippen LogP contribution is -2.34. The number of nitrogens with two attached hydrogens (primary N) is 1. The van der Waals surface area contributed by atoms with Crippen LogP contribution in [-0.4, -0.2) is 38.2 Å². The standard InChI is InChI=1S/C20H22N2O4/c1-22-8-7-13-9-17-19(26-11-25-17)20(24-2)18(13)15(22)10-16(23)12-3-5-14(21)6-4-12/h3-6,9,15H,7-8,10-11,21H2,1-2H3/t15-/m1/s1. The number of likely N-dealkylation sites (N-methyl/N-ethyl adjacent to an activating group) is 1. The average Bonchev–Trinajstić information content (AvgIpc) is 3.11. The van der Waals surface area contributed by atoms with Crippen LogP contribution in [0, 0.1) is 0 Å². The van der Waals surface area contributed by atoms with Gasteiger partial charge < -0.3 is 19.9 Å². The largest absolute Gasteiger partial charge is 0.492 e. The molecular weight excluding hydrogens is 332 g/mol. The molecule has 0 radical (unpaired) electrons. The van der Waals surface area contributed by atoms with Gasteiger partial charge in [0, 0.05) is 35.8 Å². The first-order chi connectivity index (χ1) is 12.6. The molecule has 6 heteroatoms. The Morgan fingerprint density at radius 1 is 1.31 bits per heavy atom. The van der Waals surface area contributed by atoms with Crippen LogP contribution in [0.3, 0.4) is 0 Å². The van der Waals surface area contributed by atoms with E-state index in [9.17, 15) is 4.79 Å². The Labute approximate surface area is 152 Å². The number of ether oxygens (including phenoxy) is 3. The summed E-state index contributed by atoms with van der Waals surface area (Å²) in [7, 11) is 3.67. The van der Waals surface area contributed by atoms with E-state index < -0.39 is 0 Å². The van der Waals surface area contributed by atoms with Crippen molar-refractivity contribution in [3.05, 3.63) is 47.0 Å². The topological polar surface area (TPSA) is 74.0 Å². The van der Waals surface area contributed by atoms with Gasteiger partial charge in [-0.25, -0.2) is 0 Å². The van der Waals surface area contributed by atoms with Crippen LogP contribution in [0.25, 0.3) is 0 Å². The van der Waals surface area contributed by atoms with E-state index in [2.05, 4.69) is 4.90 Å². The number of nitrogens with zero attached hydrogens (tertiary/aromatic N) is 1. The van der Waals surface area contributed by atoms with Crippen molar-refractivity contribution in [3.63, 3.8) is 0 Å². The third-order valence-corrected chi connectivity index (χ3v) is 5.16. The van der Waals surface area contributed by atoms with E-state index in [1.54, 1.807) is 31.4 Å². The molecule has 1 atom stereocenters. The van der Waals surface area contributed by atoms with Crippen LogP contribution in [0.4, 0.5) is 5.69 Å². The molecule has 2 aliphatic heterocycles. The molecule has 0 aromatic heterocycles. The van der Waals surface area contributed by atoms with Gasteiger partial charge >= 0.3 is 0 Å². The van der Waals surface area contributed by atoms with E-state index in [0.717, 1.165) is 24.1 Å². The maximum atomic E-state index is 12.8. The minimum atomic E-state index is -0.0757. The summed E-state index contributed by atoms with van der Waals surface area (Å²) in [5.41, 5.74) is 9.21. The summed E-state index contributed by atoms with van der Waals surface area (Å²) < 4.78 is 16.8. The third kappa shape index (κ3) is 2.76. The fourth-order valence-electron chi connectivity index (χ4n) is 3.75. The van der Waals surface area contributed by atoms with Gasteiger partial charge in [-0.15, -0.1) is 0 Å². The summed E-state index contributed by atoms with van der Waals surface area (Å²) in [4.78, 5) is 15.0. The van der Waals surface area contributed by atoms with E-state index >= 15 is 0 Å². The third-order valence-electron chi connectivity index (χ3n) is 5.16. The number of ketones is 1. The Kier molecular flexibility index (Phi) is 4.20. The fraction of sp³-hybridized carbons (Fsp3) is 0.350. The Balaban J connectivity index is 1.71. The SMILES string of the molecule is COc1c2c(cc3c1[C@@H](CC(=O)c1ccc(N)cc1)N(C)CC3)OCO2. The minimum absolute atomic E-state index is 0.0757. The molecule has 0 saturated heterocycles. The summed E-state index contributed by atoms with van der Waals surface area (Å²) in [6.07, 6.45) is 1.24. The second-order valence-corrected chi connectivity index (χ2v) is 6.71. The van der Waals surface area contributed by atoms with Gasteiger partial charge in [-0.05, 0) is 49.4 Å². The molecule has 2 aromatic rings. The molecule has 0 bridgehead atoms. The summed E-state index contributed by atoms with van der Waals surface area (Å²) in [6.45, 7) is 1.06. The number of methoxy groups -OCH3 is 1. The highest BCUT2D eigenvalue weighted by Crippen LogP contribution is 2.50. The normalized spacial score (nSPS) is 18.5. The molecule has 136 valence electrons. The number of fused-ring (bicyclic) bond motifs is 2. The lowest BCUT2D eigenvalue weighted by Gasteiger charge is -2.35. The van der Waals surface area contributed by atoms with Crippen LogP contribution in [0.1, 0.15) is 33.9 Å². The Hall–Kier alpha value is -2.73. The van der Waals surface area contributed by atoms with E-state index in [0.29, 0.717) is 34.9 Å². The van der Waals surface area contributed by atoms with E-state index in [1.165, 1.54) is 0 Å². The van der Waals surface area contributed by atoms with Crippen molar-refractivity contribution >= 4 is 11.5 Å². The van der Waals surface area contributed by atoms with Gasteiger partial charge in [0.05, 0.1) is 7.11 Å². The summed E-state index contributed by atoms with van der Waals surface area (Å²) >= 11 is 0. The van der Waals surface area contributed by atoms with Crippen LogP contribution in [0.5, 0.6) is 17.2 Å². The molecule has 2 aromatic carbocycles. The first kappa shape index (κ1) is 16.7. The first-order valence-electron chi connectivity index (χ1n) is 8.67. The van der Waals surface area contributed by atoms with Crippen molar-refractivity contribution in [2.75, 3.05) is 33.2 Å². The number of benzene rings is 2. The maximum absolute atomic E-state index is 12.8. The fourth-order valence-corrected chi connectivity index (χ4v) is 3.75. The van der Waals surface area contributed by atoms with Crippen LogP contribution in [-0.2, 0) is 6.42 Å². The molecule has 2 heterocycles. The van der Waals surface area contributed by atoms with Crippen LogP contribution in [0.2, 0.25) is 0 Å². The number of hydrogen-bond donors (Lipinski definition) is 1. The predicted molar refractivity (Wildman–Crippen MR) is 98.0 cm³/mol. The van der Waals surface area contributed by atoms with Crippen molar-refractivity contribution in [1.29, 1.82) is 0 Å². The monoisotopic (exact) mass is 354 g/mol. The molecule has 0 saturated carbocycles. The summed E-state index contributed by atoms with van der Waals surface area (Å²) in [5.74, 6) is 2.10. The molecule has 2 N–H and O–H groups in total. The van der Waals surface area contributed by atoms with Crippen molar-refractivity contribution in [2.45, 2.75) is 18.9 Å². The lowest BCUT2D eigenvalue weighted by molar-refractivity contribution is 0.0925. The van der Waals surface area contributed by atoms with Crippen LogP contribution in [0.15, 0.2) is 30.3 Å². The molecule has 4 rings (SSSR count). The van der Waals surface area contributed by atoms with Crippen LogP contribution >= 0.6 is 0 Å². The molecule has 0 aliphatic carbocycles. The van der Waals surface area contributed by atoms with Gasteiger partial charge in [0.1, 0.15) is 0 Å². The Bertz CT molecular complexity index is 848. The number of carbonyl (C=O) groups is 1. The van der Waals surface area contributed by atoms with Crippen molar-refractivity contribution in [1.82, 2.24) is 4.90 Å². The number of carbonyl (C=O) groups excluding carboxylic acids is 1. The van der Waals surface area contributed by atoms with E-state index in [1.807, 2.05) is 13.1 Å². The Morgan fingerprint density at radius 3 is 2.81 bits per heavy atom. The van der Waals surface area contributed by atoms with E-state index in [-0.39, 0.29) is 18.6 Å². The quantitative estimate of drug-likeness (QED) is 0.672. The molecule has 0 fully saturated rings. The highest BCUT2D eigenvalue weighted by Gasteiger charge is 2.35. The zero-order valence-electron chi connectivity index (χ0n) is 15.0. The zero-order valence-corrected chi connectivity index (χ0v) is 15.0. The van der Waals surface area contributed by atoms with Crippen molar-refractivity contribution in [3.8, 4) is 17.2 Å². The maximum Gasteiger partial charge on any atom is 0.231 e. The number of anilines is 1. The van der Waals surface area contributed by atoms with Crippen molar-refractivity contribution < 1.29 is 19.0 Å². The number of nitrogen functional groups attached to an aromatic ring is 1. The second-order valence-electron chi connectivity index (χ2n) is 6.71. The zero-order chi connectivity index (χ0) is 18.3. The van der Waals surface area contributed by atoms with Gasteiger partial charge in [-0.2, -0.15) is 0 Å². The molecule has 6 nitrogen and oxygen atoms in total. The van der Waals surface area contributed by atoms with Gasteiger partial charge in [0.2, 0.25) is 12.5 Å². The highest BCUT2D eigenvalue weighted by molar-refractivity contribution is 5.97. The molecular formula is C20H22N2O4. The number of Topliss-reactive ketones (excluding diaryl/α,β-unsaturated/α-hetero) is 1. The smallest absolute Gasteiger partial charge is 0.231 e.